The number of nitrogens with zero attached hydrogens (tertiary/aromatic N) is 1. The molecule has 0 bridgehead atoms. The lowest BCUT2D eigenvalue weighted by Gasteiger charge is -2.00. The van der Waals surface area contributed by atoms with Gasteiger partial charge < -0.3 is 0 Å². The predicted molar refractivity (Wildman–Crippen MR) is 35.9 cm³/mol. The van der Waals surface area contributed by atoms with Gasteiger partial charge in [0, 0.05) is 6.54 Å². The second kappa shape index (κ2) is 1.95. The quantitative estimate of drug-likeness (QED) is 0.474. The fourth-order valence-corrected chi connectivity index (χ4v) is 2.50. The normalized spacial score (nSPS) is 35.1. The third-order valence-corrected chi connectivity index (χ3v) is 3.76. The Labute approximate surface area is 55.6 Å². The molecular formula is C5H11NO2S. The summed E-state index contributed by atoms with van der Waals surface area (Å²) >= 11 is 0. The lowest BCUT2D eigenvalue weighted by atomic mass is 10.5. The van der Waals surface area contributed by atoms with E-state index in [0.29, 0.717) is 6.54 Å². The van der Waals surface area contributed by atoms with Gasteiger partial charge in [-0.2, -0.15) is 0 Å². The third kappa shape index (κ3) is 1.24. The zero-order valence-electron chi connectivity index (χ0n) is 5.66. The predicted octanol–water partition coefficient (Wildman–Crippen LogP) is -0.307. The Morgan fingerprint density at radius 1 is 1.56 bits per heavy atom. The molecule has 0 amide bonds. The second-order valence-corrected chi connectivity index (χ2v) is 5.03. The molecule has 0 aromatic heterocycles. The van der Waals surface area contributed by atoms with Crippen LogP contribution in [0.5, 0.6) is 0 Å². The fraction of sp³-hybridized carbons (Fsp3) is 1.00. The molecule has 0 radical (unpaired) electrons. The van der Waals surface area contributed by atoms with Crippen molar-refractivity contribution in [1.82, 2.24) is 4.90 Å². The van der Waals surface area contributed by atoms with Crippen molar-refractivity contribution in [2.75, 3.05) is 19.5 Å². The van der Waals surface area contributed by atoms with E-state index in [-0.39, 0.29) is 11.1 Å². The van der Waals surface area contributed by atoms with Crippen LogP contribution in [0.15, 0.2) is 0 Å². The Morgan fingerprint density at radius 2 is 2.11 bits per heavy atom. The molecule has 1 atom stereocenters. The molecule has 0 N–H and O–H groups in total. The van der Waals surface area contributed by atoms with E-state index >= 15 is 0 Å². The van der Waals surface area contributed by atoms with Crippen LogP contribution in [-0.2, 0) is 9.84 Å². The second-order valence-electron chi connectivity index (χ2n) is 2.64. The summed E-state index contributed by atoms with van der Waals surface area (Å²) in [7, 11) is -0.928. The van der Waals surface area contributed by atoms with Crippen LogP contribution in [0.2, 0.25) is 0 Å². The Kier molecular flexibility index (Phi) is 1.52. The summed E-state index contributed by atoms with van der Waals surface area (Å²) in [5.74, 6) is 0.230. The summed E-state index contributed by atoms with van der Waals surface area (Å²) in [6.07, 6.45) is 0. The third-order valence-electron chi connectivity index (χ3n) is 1.58. The first kappa shape index (κ1) is 7.02. The topological polar surface area (TPSA) is 37.4 Å². The number of hydrogen-bond donors (Lipinski definition) is 0. The van der Waals surface area contributed by atoms with Gasteiger partial charge in [-0.25, -0.2) is 8.42 Å². The molecule has 0 aromatic carbocycles. The minimum Gasteiger partial charge on any atom is -0.292 e. The molecule has 0 spiro atoms. The Bertz CT molecular complexity index is 197. The van der Waals surface area contributed by atoms with Crippen molar-refractivity contribution in [2.24, 2.45) is 0 Å². The Morgan fingerprint density at radius 3 is 2.22 bits per heavy atom. The van der Waals surface area contributed by atoms with Crippen molar-refractivity contribution in [2.45, 2.75) is 12.2 Å². The lowest BCUT2D eigenvalue weighted by Crippen LogP contribution is -2.14. The van der Waals surface area contributed by atoms with Gasteiger partial charge in [-0.05, 0) is 14.0 Å². The van der Waals surface area contributed by atoms with Crippen LogP contribution >= 0.6 is 0 Å². The maximum atomic E-state index is 10.9. The molecule has 1 aliphatic heterocycles. The van der Waals surface area contributed by atoms with E-state index in [1.807, 2.05) is 11.9 Å². The Hall–Kier alpha value is -0.0900. The first-order chi connectivity index (χ1) is 4.02. The van der Waals surface area contributed by atoms with Crippen LogP contribution in [0.3, 0.4) is 0 Å². The van der Waals surface area contributed by atoms with E-state index in [1.165, 1.54) is 0 Å². The molecule has 1 aliphatic rings. The summed E-state index contributed by atoms with van der Waals surface area (Å²) < 4.78 is 21.9. The van der Waals surface area contributed by atoms with Crippen LogP contribution < -0.4 is 0 Å². The van der Waals surface area contributed by atoms with Gasteiger partial charge in [0.15, 0.2) is 9.84 Å². The molecule has 4 heteroatoms. The number of hydrogen-bond acceptors (Lipinski definition) is 3. The SMILES string of the molecule is C[C@@H]1CN(C)CS1(=O)=O. The van der Waals surface area contributed by atoms with Gasteiger partial charge in [0.2, 0.25) is 0 Å². The van der Waals surface area contributed by atoms with E-state index in [1.54, 1.807) is 6.92 Å². The van der Waals surface area contributed by atoms with Gasteiger partial charge in [0.25, 0.3) is 0 Å². The minimum atomic E-state index is -2.75. The van der Waals surface area contributed by atoms with Crippen LogP contribution in [0, 0.1) is 0 Å². The highest BCUT2D eigenvalue weighted by Crippen LogP contribution is 2.12. The molecule has 1 rings (SSSR count). The number of sulfone groups is 1. The van der Waals surface area contributed by atoms with Crippen molar-refractivity contribution in [3.8, 4) is 0 Å². The van der Waals surface area contributed by atoms with Gasteiger partial charge >= 0.3 is 0 Å². The lowest BCUT2D eigenvalue weighted by molar-refractivity contribution is 0.419. The van der Waals surface area contributed by atoms with E-state index in [9.17, 15) is 8.42 Å². The van der Waals surface area contributed by atoms with Crippen molar-refractivity contribution >= 4 is 9.84 Å². The van der Waals surface area contributed by atoms with Crippen molar-refractivity contribution in [3.05, 3.63) is 0 Å². The standard InChI is InChI=1S/C5H11NO2S/c1-5-3-6(2)4-9(5,7)8/h5H,3-4H2,1-2H3/t5-/m1/s1. The van der Waals surface area contributed by atoms with Crippen LogP contribution in [0.1, 0.15) is 6.92 Å². The first-order valence-corrected chi connectivity index (χ1v) is 4.64. The summed E-state index contributed by atoms with van der Waals surface area (Å²) in [6.45, 7) is 2.43. The van der Waals surface area contributed by atoms with E-state index in [0.717, 1.165) is 0 Å². The molecule has 0 unspecified atom stereocenters. The molecule has 1 saturated heterocycles. The van der Waals surface area contributed by atoms with Crippen LogP contribution in [0.4, 0.5) is 0 Å². The first-order valence-electron chi connectivity index (χ1n) is 2.92. The van der Waals surface area contributed by atoms with Crippen molar-refractivity contribution in [3.63, 3.8) is 0 Å². The molecule has 9 heavy (non-hydrogen) atoms. The average molecular weight is 149 g/mol. The molecular weight excluding hydrogens is 138 g/mol. The highest BCUT2D eigenvalue weighted by atomic mass is 32.2. The largest absolute Gasteiger partial charge is 0.292 e. The number of rotatable bonds is 0. The molecule has 0 saturated carbocycles. The summed E-state index contributed by atoms with van der Waals surface area (Å²) in [6, 6.07) is 0. The van der Waals surface area contributed by atoms with Gasteiger partial charge in [-0.1, -0.05) is 0 Å². The smallest absolute Gasteiger partial charge is 0.167 e. The van der Waals surface area contributed by atoms with E-state index in [4.69, 9.17) is 0 Å². The van der Waals surface area contributed by atoms with Gasteiger partial charge in [-0.15, -0.1) is 0 Å². The monoisotopic (exact) mass is 149 g/mol. The Balaban J connectivity index is 2.83. The zero-order valence-corrected chi connectivity index (χ0v) is 6.48. The summed E-state index contributed by atoms with van der Waals surface area (Å²) in [5.41, 5.74) is 0. The maximum absolute atomic E-state index is 10.9. The molecule has 1 fully saturated rings. The van der Waals surface area contributed by atoms with Gasteiger partial charge in [0.05, 0.1) is 5.25 Å². The molecule has 3 nitrogen and oxygen atoms in total. The summed E-state index contributed by atoms with van der Waals surface area (Å²) in [4.78, 5) is 1.82. The molecule has 0 aliphatic carbocycles. The average Bonchev–Trinajstić information content (AvgIpc) is 1.79. The van der Waals surface area contributed by atoms with Crippen LogP contribution in [-0.4, -0.2) is 38.0 Å². The van der Waals surface area contributed by atoms with Crippen molar-refractivity contribution < 1.29 is 8.42 Å². The maximum Gasteiger partial charge on any atom is 0.167 e. The highest BCUT2D eigenvalue weighted by molar-refractivity contribution is 7.92. The van der Waals surface area contributed by atoms with Gasteiger partial charge in [0.1, 0.15) is 5.88 Å². The van der Waals surface area contributed by atoms with E-state index < -0.39 is 9.84 Å². The zero-order chi connectivity index (χ0) is 7.07. The van der Waals surface area contributed by atoms with E-state index in [2.05, 4.69) is 0 Å². The fourth-order valence-electron chi connectivity index (χ4n) is 1.04. The highest BCUT2D eigenvalue weighted by Gasteiger charge is 2.30. The summed E-state index contributed by atoms with van der Waals surface area (Å²) in [5, 5.41) is -0.164. The molecule has 54 valence electrons. The van der Waals surface area contributed by atoms with Crippen molar-refractivity contribution in [1.29, 1.82) is 0 Å². The molecule has 0 aromatic rings. The van der Waals surface area contributed by atoms with Crippen LogP contribution in [0.25, 0.3) is 0 Å². The van der Waals surface area contributed by atoms with Gasteiger partial charge in [-0.3, -0.25) is 4.90 Å². The molecule has 1 heterocycles. The minimum absolute atomic E-state index is 0.164.